The third-order valence-corrected chi connectivity index (χ3v) is 2.77. The second-order valence-electron chi connectivity index (χ2n) is 3.86. The molecule has 1 aliphatic carbocycles. The number of carboxylic acid groups (broad SMARTS) is 1. The first-order valence-electron chi connectivity index (χ1n) is 4.61. The molecule has 1 saturated carbocycles. The van der Waals surface area contributed by atoms with Crippen molar-refractivity contribution in [1.82, 2.24) is 0 Å². The quantitative estimate of drug-likeness (QED) is 0.585. The molecule has 0 heterocycles. The Bertz CT molecular complexity index is 186. The number of nitrogens with two attached hydrogens (primary N) is 1. The van der Waals surface area contributed by atoms with Crippen LogP contribution in [0.25, 0.3) is 0 Å². The van der Waals surface area contributed by atoms with Crippen LogP contribution in [0.5, 0.6) is 0 Å². The minimum atomic E-state index is -0.917. The molecule has 4 heteroatoms. The highest BCUT2D eigenvalue weighted by Crippen LogP contribution is 2.35. The summed E-state index contributed by atoms with van der Waals surface area (Å²) in [6.45, 7) is 0. The van der Waals surface area contributed by atoms with Crippen LogP contribution < -0.4 is 5.73 Å². The fourth-order valence-electron chi connectivity index (χ4n) is 2.03. The van der Waals surface area contributed by atoms with E-state index in [1.54, 1.807) is 0 Å². The lowest BCUT2D eigenvalue weighted by Crippen LogP contribution is -2.45. The molecule has 0 saturated heterocycles. The fraction of sp³-hybridized carbons (Fsp3) is 0.875. The summed E-state index contributed by atoms with van der Waals surface area (Å²) in [5, 5.41) is 8.83. The van der Waals surface area contributed by atoms with Crippen molar-refractivity contribution in [1.29, 1.82) is 0 Å². The molecule has 0 amide bonds. The molecule has 68 valence electrons. The van der Waals surface area contributed by atoms with Gasteiger partial charge in [-0.2, -0.15) is 0 Å². The number of carbonyl (C=O) groups is 1. The van der Waals surface area contributed by atoms with Gasteiger partial charge in [-0.05, 0) is 25.2 Å². The third-order valence-electron chi connectivity index (χ3n) is 2.77. The third kappa shape index (κ3) is 1.80. The molecule has 0 radical (unpaired) electrons. The van der Waals surface area contributed by atoms with Crippen LogP contribution in [0.4, 0.5) is 0 Å². The van der Waals surface area contributed by atoms with Crippen LogP contribution in [0.3, 0.4) is 0 Å². The van der Waals surface area contributed by atoms with Gasteiger partial charge >= 0.3 is 5.97 Å². The zero-order valence-corrected chi connectivity index (χ0v) is 7.55. The summed E-state index contributed by atoms with van der Waals surface area (Å²) >= 11 is 0. The predicted octanol–water partition coefficient (Wildman–Crippen LogP) is 0.0101. The van der Waals surface area contributed by atoms with Gasteiger partial charge in [-0.15, -0.1) is 0 Å². The van der Waals surface area contributed by atoms with E-state index in [1.807, 2.05) is 0 Å². The summed E-state index contributed by atoms with van der Waals surface area (Å²) < 4.78 is 0. The zero-order valence-electron chi connectivity index (χ0n) is 7.55. The van der Waals surface area contributed by atoms with Crippen LogP contribution >= 0.6 is 0 Å². The Hall–Kier alpha value is -0.505. The Labute approximate surface area is 73.7 Å². The van der Waals surface area contributed by atoms with Gasteiger partial charge in [0.15, 0.2) is 0 Å². The van der Waals surface area contributed by atoms with E-state index >= 15 is 0 Å². The Morgan fingerprint density at radius 2 is 2.42 bits per heavy atom. The van der Waals surface area contributed by atoms with Crippen LogP contribution in [-0.2, 0) is 4.79 Å². The lowest BCUT2D eigenvalue weighted by molar-refractivity contribution is -0.143. The van der Waals surface area contributed by atoms with Gasteiger partial charge in [-0.3, -0.25) is 4.79 Å². The van der Waals surface area contributed by atoms with Gasteiger partial charge in [-0.25, -0.2) is 0 Å². The Morgan fingerprint density at radius 3 is 2.83 bits per heavy atom. The lowest BCUT2D eigenvalue weighted by Gasteiger charge is -2.17. The zero-order chi connectivity index (χ0) is 9.19. The van der Waals surface area contributed by atoms with Crippen LogP contribution in [-0.4, -0.2) is 24.5 Å². The average molecular weight is 169 g/mol. The van der Waals surface area contributed by atoms with Crippen molar-refractivity contribution in [2.24, 2.45) is 11.7 Å². The normalized spacial score (nSPS) is 35.2. The molecule has 2 unspecified atom stereocenters. The second-order valence-corrected chi connectivity index (χ2v) is 3.86. The monoisotopic (exact) mass is 169 g/mol. The maximum Gasteiger partial charge on any atom is 0.323 e. The summed E-state index contributed by atoms with van der Waals surface area (Å²) in [5.41, 5.74) is 4.81. The highest BCUT2D eigenvalue weighted by molar-refractivity contribution is 6.08. The van der Waals surface area contributed by atoms with E-state index in [4.69, 9.17) is 10.8 Å². The highest BCUT2D eigenvalue weighted by Gasteiger charge is 2.41. The van der Waals surface area contributed by atoms with Crippen LogP contribution in [0, 0.1) is 5.92 Å². The van der Waals surface area contributed by atoms with Crippen LogP contribution in [0.2, 0.25) is 6.32 Å². The molecular formula is C8H16BNO2. The van der Waals surface area contributed by atoms with Gasteiger partial charge in [-0.1, -0.05) is 12.7 Å². The van der Waals surface area contributed by atoms with Crippen molar-refractivity contribution in [3.05, 3.63) is 0 Å². The minimum Gasteiger partial charge on any atom is -0.480 e. The summed E-state index contributed by atoms with van der Waals surface area (Å²) in [5.74, 6) is -0.294. The topological polar surface area (TPSA) is 63.3 Å². The first-order valence-corrected chi connectivity index (χ1v) is 4.61. The summed E-state index contributed by atoms with van der Waals surface area (Å²) in [6.07, 6.45) is 4.53. The summed E-state index contributed by atoms with van der Waals surface area (Å²) in [7, 11) is 2.12. The number of hydrogen-bond acceptors (Lipinski definition) is 2. The molecule has 0 aliphatic heterocycles. The molecule has 0 aromatic carbocycles. The number of aliphatic carboxylic acids is 1. The predicted molar refractivity (Wildman–Crippen MR) is 49.9 cm³/mol. The first kappa shape index (κ1) is 9.58. The van der Waals surface area contributed by atoms with Gasteiger partial charge in [0.05, 0.1) is 0 Å². The maximum atomic E-state index is 10.7. The molecule has 1 aliphatic rings. The number of rotatable bonds is 3. The van der Waals surface area contributed by atoms with E-state index in [0.717, 1.165) is 19.2 Å². The van der Waals surface area contributed by atoms with Gasteiger partial charge in [0, 0.05) is 0 Å². The van der Waals surface area contributed by atoms with E-state index < -0.39 is 11.5 Å². The standard InChI is InChI=1S/C8H16BNO2/c9-4-2-6-1-3-8(10,5-6)7(11)12/h6H,1-5,9-10H2,(H,11,12). The van der Waals surface area contributed by atoms with Crippen LogP contribution in [0.15, 0.2) is 0 Å². The molecule has 0 spiro atoms. The summed E-state index contributed by atoms with van der Waals surface area (Å²) in [4.78, 5) is 10.7. The minimum absolute atomic E-state index is 0.538. The SMILES string of the molecule is BCCC1CCC(N)(C(=O)O)C1. The molecule has 0 bridgehead atoms. The second kappa shape index (κ2) is 3.48. The molecule has 12 heavy (non-hydrogen) atoms. The molecular weight excluding hydrogens is 153 g/mol. The van der Waals surface area contributed by atoms with Gasteiger partial charge < -0.3 is 10.8 Å². The fourth-order valence-corrected chi connectivity index (χ4v) is 2.03. The smallest absolute Gasteiger partial charge is 0.323 e. The summed E-state index contributed by atoms with van der Waals surface area (Å²) in [6, 6.07) is 0. The molecule has 1 rings (SSSR count). The van der Waals surface area contributed by atoms with E-state index in [1.165, 1.54) is 0 Å². The first-order chi connectivity index (χ1) is 5.58. The Morgan fingerprint density at radius 1 is 1.75 bits per heavy atom. The molecule has 0 aromatic rings. The van der Waals surface area contributed by atoms with Crippen molar-refractivity contribution >= 4 is 13.8 Å². The molecule has 1 fully saturated rings. The maximum absolute atomic E-state index is 10.7. The Balaban J connectivity index is 2.49. The van der Waals surface area contributed by atoms with Crippen molar-refractivity contribution in [2.45, 2.75) is 37.5 Å². The van der Waals surface area contributed by atoms with E-state index in [2.05, 4.69) is 7.85 Å². The lowest BCUT2D eigenvalue weighted by atomic mass is 9.90. The van der Waals surface area contributed by atoms with Crippen molar-refractivity contribution in [3.8, 4) is 0 Å². The van der Waals surface area contributed by atoms with Crippen molar-refractivity contribution < 1.29 is 9.90 Å². The van der Waals surface area contributed by atoms with Crippen LogP contribution in [0.1, 0.15) is 25.7 Å². The van der Waals surface area contributed by atoms with Gasteiger partial charge in [0.1, 0.15) is 13.4 Å². The van der Waals surface area contributed by atoms with E-state index in [0.29, 0.717) is 18.8 Å². The van der Waals surface area contributed by atoms with Crippen molar-refractivity contribution in [3.63, 3.8) is 0 Å². The molecule has 2 atom stereocenters. The average Bonchev–Trinajstić information content (AvgIpc) is 2.34. The van der Waals surface area contributed by atoms with Crippen molar-refractivity contribution in [2.75, 3.05) is 0 Å². The molecule has 0 aromatic heterocycles. The molecule has 3 N–H and O–H groups in total. The van der Waals surface area contributed by atoms with Gasteiger partial charge in [0.25, 0.3) is 0 Å². The Kier molecular flexibility index (Phi) is 2.78. The number of carboxylic acids is 1. The highest BCUT2D eigenvalue weighted by atomic mass is 16.4. The molecule has 3 nitrogen and oxygen atoms in total. The van der Waals surface area contributed by atoms with E-state index in [9.17, 15) is 4.79 Å². The van der Waals surface area contributed by atoms with E-state index in [-0.39, 0.29) is 0 Å². The number of hydrogen-bond donors (Lipinski definition) is 2. The van der Waals surface area contributed by atoms with Gasteiger partial charge in [0.2, 0.25) is 0 Å². The largest absolute Gasteiger partial charge is 0.480 e.